The summed E-state index contributed by atoms with van der Waals surface area (Å²) in [4.78, 5) is 23.0. The van der Waals surface area contributed by atoms with Gasteiger partial charge >= 0.3 is 0 Å². The van der Waals surface area contributed by atoms with Crippen LogP contribution in [0.3, 0.4) is 0 Å². The minimum atomic E-state index is -0.441. The molecule has 8 nitrogen and oxygen atoms in total. The van der Waals surface area contributed by atoms with Crippen molar-refractivity contribution >= 4 is 28.6 Å². The lowest BCUT2D eigenvalue weighted by Crippen LogP contribution is -2.14. The Morgan fingerprint density at radius 2 is 1.97 bits per heavy atom. The minimum absolute atomic E-state index is 0.0644. The molecule has 8 heteroatoms. The number of nitrogens with one attached hydrogen (secondary N) is 2. The Bertz CT molecular complexity index is 1170. The fraction of sp³-hybridized carbons (Fsp3) is 0.0952. The molecule has 4 rings (SSSR count). The third-order valence-corrected chi connectivity index (χ3v) is 4.17. The lowest BCUT2D eigenvalue weighted by molar-refractivity contribution is -0.117. The zero-order chi connectivity index (χ0) is 20.2. The normalized spacial score (nSPS) is 10.7. The predicted molar refractivity (Wildman–Crippen MR) is 110 cm³/mol. The van der Waals surface area contributed by atoms with Crippen LogP contribution in [0.25, 0.3) is 11.0 Å². The number of pyridine rings is 1. The van der Waals surface area contributed by atoms with Crippen LogP contribution in [0.2, 0.25) is 0 Å². The summed E-state index contributed by atoms with van der Waals surface area (Å²) in [6.07, 6.45) is 1.64. The van der Waals surface area contributed by atoms with Gasteiger partial charge in [0.15, 0.2) is 0 Å². The maximum absolute atomic E-state index is 11.1. The number of carbonyl (C=O) groups excluding carboxylic acids is 1. The Morgan fingerprint density at radius 1 is 1.10 bits per heavy atom. The van der Waals surface area contributed by atoms with Crippen molar-refractivity contribution in [3.63, 3.8) is 0 Å². The zero-order valence-corrected chi connectivity index (χ0v) is 15.7. The molecular weight excluding hydrogens is 370 g/mol. The number of methoxy groups -OCH3 is 1. The molecule has 4 N–H and O–H groups in total. The molecule has 2 aromatic carbocycles. The number of imidazole rings is 1. The fourth-order valence-electron chi connectivity index (χ4n) is 2.88. The number of H-pyrrole nitrogens is 1. The van der Waals surface area contributed by atoms with Gasteiger partial charge in [-0.1, -0.05) is 6.07 Å². The molecule has 146 valence electrons. The van der Waals surface area contributed by atoms with Crippen LogP contribution in [0.5, 0.6) is 17.2 Å². The molecular formula is C21H19N5O3. The molecule has 0 radical (unpaired) electrons. The third-order valence-electron chi connectivity index (χ3n) is 4.17. The van der Waals surface area contributed by atoms with E-state index in [9.17, 15) is 4.79 Å². The lowest BCUT2D eigenvalue weighted by Gasteiger charge is -2.06. The standard InChI is InChI=1S/C21H19N5O3/c1-28-15-4-2-3-13(9-15)24-21-25-18-6-5-16(12-19(18)26-21)29-17-7-8-23-14(10-17)11-20(22)27/h2-10,12H,11H2,1H3,(H2,22,27)(H2,24,25,26). The second-order valence-corrected chi connectivity index (χ2v) is 6.35. The molecule has 0 saturated heterocycles. The van der Waals surface area contributed by atoms with E-state index in [1.165, 1.54) is 0 Å². The molecule has 0 unspecified atom stereocenters. The summed E-state index contributed by atoms with van der Waals surface area (Å²) in [6.45, 7) is 0. The molecule has 1 amide bonds. The first-order valence-electron chi connectivity index (χ1n) is 8.91. The van der Waals surface area contributed by atoms with Crippen molar-refractivity contribution in [2.45, 2.75) is 6.42 Å². The number of nitrogens with two attached hydrogens (primary N) is 1. The van der Waals surface area contributed by atoms with Gasteiger partial charge in [0.1, 0.15) is 17.2 Å². The summed E-state index contributed by atoms with van der Waals surface area (Å²) in [5.41, 5.74) is 8.25. The van der Waals surface area contributed by atoms with E-state index in [1.54, 1.807) is 25.4 Å². The first-order valence-corrected chi connectivity index (χ1v) is 8.91. The minimum Gasteiger partial charge on any atom is -0.497 e. The zero-order valence-electron chi connectivity index (χ0n) is 15.7. The SMILES string of the molecule is COc1cccc(Nc2nc3cc(Oc4ccnc(CC(N)=O)c4)ccc3[nH]2)c1. The van der Waals surface area contributed by atoms with Crippen molar-refractivity contribution in [2.75, 3.05) is 12.4 Å². The Kier molecular flexibility index (Phi) is 4.98. The van der Waals surface area contributed by atoms with Gasteiger partial charge in [-0.3, -0.25) is 9.78 Å². The van der Waals surface area contributed by atoms with E-state index in [0.29, 0.717) is 23.1 Å². The quantitative estimate of drug-likeness (QED) is 0.445. The maximum Gasteiger partial charge on any atom is 0.223 e. The van der Waals surface area contributed by atoms with E-state index < -0.39 is 5.91 Å². The van der Waals surface area contributed by atoms with Gasteiger partial charge in [-0.15, -0.1) is 0 Å². The van der Waals surface area contributed by atoms with Crippen LogP contribution < -0.4 is 20.5 Å². The summed E-state index contributed by atoms with van der Waals surface area (Å²) < 4.78 is 11.1. The Labute approximate surface area is 166 Å². The molecule has 2 aromatic heterocycles. The number of hydrogen-bond donors (Lipinski definition) is 3. The molecule has 0 fully saturated rings. The highest BCUT2D eigenvalue weighted by Crippen LogP contribution is 2.27. The van der Waals surface area contributed by atoms with Gasteiger partial charge in [-0.05, 0) is 30.3 Å². The van der Waals surface area contributed by atoms with E-state index in [-0.39, 0.29) is 6.42 Å². The smallest absolute Gasteiger partial charge is 0.223 e. The summed E-state index contributed by atoms with van der Waals surface area (Å²) in [5.74, 6) is 2.12. The van der Waals surface area contributed by atoms with Crippen molar-refractivity contribution < 1.29 is 14.3 Å². The average molecular weight is 389 g/mol. The lowest BCUT2D eigenvalue weighted by atomic mass is 10.2. The average Bonchev–Trinajstić information content (AvgIpc) is 3.09. The number of primary amides is 1. The van der Waals surface area contributed by atoms with Crippen LogP contribution in [-0.4, -0.2) is 28.0 Å². The van der Waals surface area contributed by atoms with Crippen LogP contribution in [0.4, 0.5) is 11.6 Å². The van der Waals surface area contributed by atoms with Gasteiger partial charge in [-0.25, -0.2) is 4.98 Å². The van der Waals surface area contributed by atoms with Crippen LogP contribution in [-0.2, 0) is 11.2 Å². The first-order chi connectivity index (χ1) is 14.1. The summed E-state index contributed by atoms with van der Waals surface area (Å²) in [6, 6.07) is 16.6. The van der Waals surface area contributed by atoms with E-state index >= 15 is 0 Å². The molecule has 2 heterocycles. The van der Waals surface area contributed by atoms with Crippen LogP contribution in [0.15, 0.2) is 60.8 Å². The van der Waals surface area contributed by atoms with Gasteiger partial charge in [0.2, 0.25) is 11.9 Å². The van der Waals surface area contributed by atoms with Crippen LogP contribution in [0.1, 0.15) is 5.69 Å². The first kappa shape index (κ1) is 18.3. The van der Waals surface area contributed by atoms with Gasteiger partial charge in [-0.2, -0.15) is 0 Å². The van der Waals surface area contributed by atoms with E-state index in [4.69, 9.17) is 15.2 Å². The van der Waals surface area contributed by atoms with Crippen molar-refractivity contribution in [1.82, 2.24) is 15.0 Å². The Hall–Kier alpha value is -4.07. The van der Waals surface area contributed by atoms with Gasteiger partial charge < -0.3 is 25.5 Å². The number of nitrogens with zero attached hydrogens (tertiary/aromatic N) is 2. The second-order valence-electron chi connectivity index (χ2n) is 6.35. The second kappa shape index (κ2) is 7.89. The number of rotatable bonds is 7. The molecule has 0 aliphatic carbocycles. The molecule has 0 spiro atoms. The van der Waals surface area contributed by atoms with Crippen LogP contribution in [0, 0.1) is 0 Å². The van der Waals surface area contributed by atoms with Gasteiger partial charge in [0.05, 0.1) is 30.3 Å². The maximum atomic E-state index is 11.1. The molecule has 0 atom stereocenters. The fourth-order valence-corrected chi connectivity index (χ4v) is 2.88. The molecule has 0 aliphatic rings. The van der Waals surface area contributed by atoms with Gasteiger partial charge in [0.25, 0.3) is 0 Å². The monoisotopic (exact) mass is 389 g/mol. The summed E-state index contributed by atoms with van der Waals surface area (Å²) in [5, 5.41) is 3.22. The highest BCUT2D eigenvalue weighted by molar-refractivity contribution is 5.80. The molecule has 0 bridgehead atoms. The van der Waals surface area contributed by atoms with Crippen molar-refractivity contribution in [2.24, 2.45) is 5.73 Å². The van der Waals surface area contributed by atoms with E-state index in [2.05, 4.69) is 20.3 Å². The highest BCUT2D eigenvalue weighted by Gasteiger charge is 2.07. The number of hydrogen-bond acceptors (Lipinski definition) is 6. The summed E-state index contributed by atoms with van der Waals surface area (Å²) in [7, 11) is 1.63. The number of ether oxygens (including phenoxy) is 2. The number of fused-ring (bicyclic) bond motifs is 1. The predicted octanol–water partition coefficient (Wildman–Crippen LogP) is 3.53. The van der Waals surface area contributed by atoms with Crippen LogP contribution >= 0.6 is 0 Å². The molecule has 0 aliphatic heterocycles. The highest BCUT2D eigenvalue weighted by atomic mass is 16.5. The van der Waals surface area contributed by atoms with Crippen molar-refractivity contribution in [1.29, 1.82) is 0 Å². The topological polar surface area (TPSA) is 115 Å². The summed E-state index contributed by atoms with van der Waals surface area (Å²) >= 11 is 0. The van der Waals surface area contributed by atoms with Crippen molar-refractivity contribution in [3.05, 3.63) is 66.5 Å². The molecule has 4 aromatic rings. The Balaban J connectivity index is 1.53. The van der Waals surface area contributed by atoms with E-state index in [1.807, 2.05) is 42.5 Å². The number of aromatic nitrogens is 3. The van der Waals surface area contributed by atoms with E-state index in [0.717, 1.165) is 22.5 Å². The van der Waals surface area contributed by atoms with Gasteiger partial charge in [0, 0.05) is 30.1 Å². The number of anilines is 2. The third kappa shape index (κ3) is 4.44. The number of carbonyl (C=O) groups is 1. The number of amides is 1. The van der Waals surface area contributed by atoms with Crippen molar-refractivity contribution in [3.8, 4) is 17.2 Å². The largest absolute Gasteiger partial charge is 0.497 e. The molecule has 29 heavy (non-hydrogen) atoms. The Morgan fingerprint density at radius 3 is 2.79 bits per heavy atom. The molecule has 0 saturated carbocycles. The number of benzene rings is 2. The number of aromatic amines is 1.